The van der Waals surface area contributed by atoms with E-state index in [1.54, 1.807) is 45.0 Å². The van der Waals surface area contributed by atoms with Crippen LogP contribution in [-0.4, -0.2) is 92.6 Å². The zero-order valence-electron chi connectivity index (χ0n) is 77.4. The van der Waals surface area contributed by atoms with E-state index in [9.17, 15) is 38.4 Å². The van der Waals surface area contributed by atoms with Gasteiger partial charge in [0.05, 0.1) is 46.9 Å². The Labute approximate surface area is 682 Å². The van der Waals surface area contributed by atoms with Gasteiger partial charge in [-0.2, -0.15) is 39.1 Å². The van der Waals surface area contributed by atoms with E-state index in [2.05, 4.69) is 97.8 Å². The smallest absolute Gasteiger partial charge is 0.298 e. The maximum atomic E-state index is 12.2. The molecule has 0 bridgehead atoms. The number of carbonyl (C=O) groups is 8. The third-order valence-electron chi connectivity index (χ3n) is 15.5. The first kappa shape index (κ1) is 118. The van der Waals surface area contributed by atoms with E-state index in [1.807, 2.05) is 172 Å². The van der Waals surface area contributed by atoms with Gasteiger partial charge in [-0.15, -0.1) is 0 Å². The second-order valence-corrected chi connectivity index (χ2v) is 35.6. The molecule has 0 aliphatic heterocycles. The van der Waals surface area contributed by atoms with Gasteiger partial charge in [-0.3, -0.25) is 39.1 Å². The van der Waals surface area contributed by atoms with Crippen molar-refractivity contribution in [2.24, 2.45) is 35.0 Å². The molecule has 1 aromatic carbocycles. The van der Waals surface area contributed by atoms with Crippen LogP contribution in [0.4, 0.5) is 0 Å². The lowest BCUT2D eigenvalue weighted by atomic mass is 9.84. The van der Waals surface area contributed by atoms with E-state index in [4.69, 9.17) is 44.0 Å². The predicted molar refractivity (Wildman–Crippen MR) is 434 cm³/mol. The molecule has 0 radical (unpaired) electrons. The van der Waals surface area contributed by atoms with Gasteiger partial charge >= 0.3 is 47.8 Å². The Kier molecular flexibility index (Phi) is 66.7. The van der Waals surface area contributed by atoms with Crippen LogP contribution < -0.4 is 0 Å². The van der Waals surface area contributed by atoms with Gasteiger partial charge in [0, 0.05) is 13.8 Å². The van der Waals surface area contributed by atoms with Crippen LogP contribution in [0.1, 0.15) is 401 Å². The molecule has 27 heteroatoms. The van der Waals surface area contributed by atoms with Gasteiger partial charge in [0.25, 0.3) is 0 Å². The van der Waals surface area contributed by atoms with E-state index < -0.39 is 63.1 Å². The zero-order chi connectivity index (χ0) is 89.1. The van der Waals surface area contributed by atoms with Crippen molar-refractivity contribution < 1.29 is 132 Å². The lowest BCUT2D eigenvalue weighted by Crippen LogP contribution is -2.34. The highest BCUT2D eigenvalue weighted by Crippen LogP contribution is 2.29. The highest BCUT2D eigenvalue weighted by molar-refractivity contribution is 5.88. The average molecular weight is 1630 g/mol. The second kappa shape index (κ2) is 63.7. The van der Waals surface area contributed by atoms with Gasteiger partial charge in [0.2, 0.25) is 0 Å². The van der Waals surface area contributed by atoms with Crippen molar-refractivity contribution >= 4 is 47.8 Å². The summed E-state index contributed by atoms with van der Waals surface area (Å²) in [5.74, 6) is -3.18. The van der Waals surface area contributed by atoms with E-state index in [0.29, 0.717) is 24.8 Å². The van der Waals surface area contributed by atoms with E-state index in [-0.39, 0.29) is 64.5 Å². The standard InChI is InChI=1S/C24H46O6.2C13H26O4.C12H24O4.C11H14O3.C7H14O3.C6H12O3/c1-9-13-15-19(11-3)21(25)27-29-23(5,6)17-18-24(7,8)30-28-22(26)20(12-4)16-14-10-2;1-10(9-12(2,3)4)8-11(14)15-17-16-13(5,6)7;1-6-9-10-11(7-2)12(14)15-17-16-13(4,5)8-3;1-6-8-9-10(7-2)11(13)14-16-15-12(3,4)5;1-11(2,3)14-13-10(12)9-7-5-4-6-8-9;1-5-7(3,4)10-9-6(2)8;1-5(7)8-9-6(2,3)4/h19-20H,9-18H2,1-8H3;10H,8-9H2,1-7H3;11H,6-10H2,1-5H3;10H,6-9H2,1-5H3;4-8H,1-3H3;5H2,1-4H3;1-4H3. The summed E-state index contributed by atoms with van der Waals surface area (Å²) in [5, 5.41) is 13.5. The molecule has 0 aliphatic carbocycles. The third-order valence-corrected chi connectivity index (χ3v) is 15.5. The molecule has 0 aliphatic rings. The minimum absolute atomic E-state index is 0.0940. The first-order chi connectivity index (χ1) is 51.8. The van der Waals surface area contributed by atoms with Crippen molar-refractivity contribution in [2.75, 3.05) is 0 Å². The number of unbranched alkanes of at least 4 members (excludes halogenated alkanes) is 4. The summed E-state index contributed by atoms with van der Waals surface area (Å²) >= 11 is 0. The molecule has 668 valence electrons. The van der Waals surface area contributed by atoms with E-state index in [0.717, 1.165) is 122 Å². The number of benzene rings is 1. The summed E-state index contributed by atoms with van der Waals surface area (Å²) in [5.41, 5.74) is -3.32. The second-order valence-electron chi connectivity index (χ2n) is 35.6. The molecular formula is C86H162O27. The third kappa shape index (κ3) is 81.5. The summed E-state index contributed by atoms with van der Waals surface area (Å²) < 4.78 is 0. The topological polar surface area (TPSA) is 312 Å². The van der Waals surface area contributed by atoms with Gasteiger partial charge < -0.3 is 0 Å². The molecule has 5 atom stereocenters. The fraction of sp³-hybridized carbons (Fsp3) is 0.837. The molecule has 0 spiro atoms. The molecule has 113 heavy (non-hydrogen) atoms. The van der Waals surface area contributed by atoms with E-state index >= 15 is 0 Å². The molecule has 5 unspecified atom stereocenters. The summed E-state index contributed by atoms with van der Waals surface area (Å²) in [4.78, 5) is 168. The van der Waals surface area contributed by atoms with Crippen LogP contribution in [0.3, 0.4) is 0 Å². The minimum atomic E-state index is -0.670. The zero-order valence-corrected chi connectivity index (χ0v) is 77.4. The fourth-order valence-corrected chi connectivity index (χ4v) is 8.17. The summed E-state index contributed by atoms with van der Waals surface area (Å²) in [6.07, 6.45) is 18.6. The Morgan fingerprint density at radius 1 is 0.327 bits per heavy atom. The van der Waals surface area contributed by atoms with Gasteiger partial charge in [-0.1, -0.05) is 166 Å². The van der Waals surface area contributed by atoms with Crippen molar-refractivity contribution in [2.45, 2.75) is 435 Å². The molecule has 0 saturated carbocycles. The molecule has 1 aromatic rings. The predicted octanol–water partition coefficient (Wildman–Crippen LogP) is 23.1. The Morgan fingerprint density at radius 3 is 0.894 bits per heavy atom. The number of rotatable bonds is 44. The van der Waals surface area contributed by atoms with Crippen molar-refractivity contribution in [1.29, 1.82) is 0 Å². The van der Waals surface area contributed by atoms with Crippen LogP contribution in [0.15, 0.2) is 30.3 Å². The minimum Gasteiger partial charge on any atom is -0.298 e. The molecule has 27 nitrogen and oxygen atoms in total. The molecule has 0 N–H and O–H groups in total. The number of carbonyl (C=O) groups excluding carboxylic acids is 8. The lowest BCUT2D eigenvalue weighted by molar-refractivity contribution is -0.517. The van der Waals surface area contributed by atoms with Crippen molar-refractivity contribution in [1.82, 2.24) is 0 Å². The Morgan fingerprint density at radius 2 is 0.611 bits per heavy atom. The molecule has 1 rings (SSSR count). The summed E-state index contributed by atoms with van der Waals surface area (Å²) in [6, 6.07) is 8.73. The quantitative estimate of drug-likeness (QED) is 0.0433. The van der Waals surface area contributed by atoms with Crippen molar-refractivity contribution in [3.8, 4) is 0 Å². The van der Waals surface area contributed by atoms with Gasteiger partial charge in [0.15, 0.2) is 0 Å². The highest BCUT2D eigenvalue weighted by atomic mass is 17.5. The molecule has 0 fully saturated rings. The van der Waals surface area contributed by atoms with Crippen molar-refractivity contribution in [3.63, 3.8) is 0 Å². The molecule has 0 aromatic heterocycles. The van der Waals surface area contributed by atoms with Crippen LogP contribution in [0.5, 0.6) is 0 Å². The molecule has 0 heterocycles. The first-order valence-corrected chi connectivity index (χ1v) is 40.9. The fourth-order valence-electron chi connectivity index (χ4n) is 8.17. The van der Waals surface area contributed by atoms with Crippen LogP contribution in [0.25, 0.3) is 0 Å². The Balaban J connectivity index is -0.000000306. The highest BCUT2D eigenvalue weighted by Gasteiger charge is 2.33. The van der Waals surface area contributed by atoms with Gasteiger partial charge in [-0.25, -0.2) is 38.4 Å². The Hall–Kier alpha value is -5.46. The molecule has 0 amide bonds. The summed E-state index contributed by atoms with van der Waals surface area (Å²) in [7, 11) is 0. The first-order valence-electron chi connectivity index (χ1n) is 40.9. The largest absolute Gasteiger partial charge is 0.373 e. The SMILES string of the molecule is CC(=O)OOC(C)(C)C.CC(C)(C)OOC(=O)c1ccccc1.CC(CC(=O)OOOC(C)(C)C)CC(C)(C)C.CCC(C)(C)OOC(C)=O.CCCCC(CC)C(=O)OOC(C)(C)CCC(C)(C)OOC(=O)C(CC)CCCC.CCCCC(CC)C(=O)OOOC(C)(C)C.CCCCC(CC)C(=O)OOOC(C)(C)CC. The van der Waals surface area contributed by atoms with Crippen molar-refractivity contribution in [3.05, 3.63) is 35.9 Å². The Bertz CT molecular complexity index is 2560. The van der Waals surface area contributed by atoms with Gasteiger partial charge in [-0.05, 0) is 261 Å². The molecular weight excluding hydrogens is 1460 g/mol. The average Bonchev–Trinajstić information content (AvgIpc) is 0.872. The molecule has 0 saturated heterocycles. The maximum Gasteiger partial charge on any atom is 0.373 e. The van der Waals surface area contributed by atoms with Crippen LogP contribution >= 0.6 is 0 Å². The number of hydrogen-bond acceptors (Lipinski definition) is 27. The number of hydrogen-bond donors (Lipinski definition) is 0. The van der Waals surface area contributed by atoms with Crippen LogP contribution in [0, 0.1) is 35.0 Å². The van der Waals surface area contributed by atoms with Crippen LogP contribution in [-0.2, 0) is 127 Å². The van der Waals surface area contributed by atoms with E-state index in [1.165, 1.54) is 13.8 Å². The van der Waals surface area contributed by atoms with Gasteiger partial charge in [0.1, 0.15) is 33.6 Å². The monoisotopic (exact) mass is 1630 g/mol. The lowest BCUT2D eigenvalue weighted by Gasteiger charge is -2.29. The maximum absolute atomic E-state index is 12.2. The van der Waals surface area contributed by atoms with Crippen LogP contribution in [0.2, 0.25) is 0 Å². The summed E-state index contributed by atoms with van der Waals surface area (Å²) in [6.45, 7) is 68.0. The normalized spacial score (nSPS) is 13.2.